The second-order valence-corrected chi connectivity index (χ2v) is 4.31. The van der Waals surface area contributed by atoms with Crippen LogP contribution in [0.4, 0.5) is 8.78 Å². The van der Waals surface area contributed by atoms with Crippen molar-refractivity contribution >= 4 is 5.91 Å². The van der Waals surface area contributed by atoms with Crippen LogP contribution in [0, 0.1) is 0 Å². The maximum Gasteiger partial charge on any atom is 0.387 e. The topological polar surface area (TPSA) is 59.6 Å². The van der Waals surface area contributed by atoms with Crippen LogP contribution in [0.25, 0.3) is 0 Å². The average molecular weight is 302 g/mol. The van der Waals surface area contributed by atoms with E-state index >= 15 is 0 Å². The molecule has 118 valence electrons. The van der Waals surface area contributed by atoms with Crippen molar-refractivity contribution in [2.75, 3.05) is 13.7 Å². The van der Waals surface area contributed by atoms with Crippen LogP contribution in [0.2, 0.25) is 0 Å². The second kappa shape index (κ2) is 8.41. The summed E-state index contributed by atoms with van der Waals surface area (Å²) in [4.78, 5) is 11.4. The fourth-order valence-electron chi connectivity index (χ4n) is 1.70. The number of nitrogens with one attached hydrogen (secondary N) is 2. The standard InChI is InChI=1S/C14H20F2N2O3/c1-4-20-12-7-10(5-6-11(12)21-14(15)16)8-18-9(2)13(19)17-3/h5-7,9,14,18H,4,8H2,1-3H3,(H,17,19). The zero-order valence-electron chi connectivity index (χ0n) is 12.3. The van der Waals surface area contributed by atoms with Crippen LogP contribution in [0.15, 0.2) is 18.2 Å². The van der Waals surface area contributed by atoms with Crippen LogP contribution in [0.3, 0.4) is 0 Å². The number of ether oxygens (including phenoxy) is 2. The summed E-state index contributed by atoms with van der Waals surface area (Å²) in [6.07, 6.45) is 0. The third kappa shape index (κ3) is 5.55. The van der Waals surface area contributed by atoms with E-state index in [1.54, 1.807) is 33.0 Å². The van der Waals surface area contributed by atoms with Gasteiger partial charge in [0.2, 0.25) is 5.91 Å². The van der Waals surface area contributed by atoms with Gasteiger partial charge in [-0.3, -0.25) is 4.79 Å². The van der Waals surface area contributed by atoms with Gasteiger partial charge in [0.1, 0.15) is 0 Å². The number of carbonyl (C=O) groups is 1. The van der Waals surface area contributed by atoms with E-state index in [1.807, 2.05) is 0 Å². The lowest BCUT2D eigenvalue weighted by molar-refractivity contribution is -0.122. The number of halogens is 2. The van der Waals surface area contributed by atoms with Crippen molar-refractivity contribution in [2.24, 2.45) is 0 Å². The number of carbonyl (C=O) groups excluding carboxylic acids is 1. The largest absolute Gasteiger partial charge is 0.490 e. The van der Waals surface area contributed by atoms with Crippen LogP contribution >= 0.6 is 0 Å². The lowest BCUT2D eigenvalue weighted by Gasteiger charge is -2.15. The minimum Gasteiger partial charge on any atom is -0.490 e. The Hall–Kier alpha value is -1.89. The minimum absolute atomic E-state index is 0.00468. The van der Waals surface area contributed by atoms with Gasteiger partial charge in [-0.15, -0.1) is 0 Å². The van der Waals surface area contributed by atoms with Gasteiger partial charge in [0, 0.05) is 13.6 Å². The highest BCUT2D eigenvalue weighted by molar-refractivity contribution is 5.80. The van der Waals surface area contributed by atoms with Crippen LogP contribution in [-0.2, 0) is 11.3 Å². The van der Waals surface area contributed by atoms with Crippen LogP contribution in [-0.4, -0.2) is 32.2 Å². The summed E-state index contributed by atoms with van der Waals surface area (Å²) >= 11 is 0. The van der Waals surface area contributed by atoms with Crippen molar-refractivity contribution in [3.63, 3.8) is 0 Å². The zero-order valence-corrected chi connectivity index (χ0v) is 12.3. The van der Waals surface area contributed by atoms with Crippen molar-refractivity contribution in [3.05, 3.63) is 23.8 Å². The first-order valence-electron chi connectivity index (χ1n) is 6.63. The first kappa shape index (κ1) is 17.2. The number of rotatable bonds is 8. The highest BCUT2D eigenvalue weighted by Crippen LogP contribution is 2.29. The molecular formula is C14H20F2N2O3. The van der Waals surface area contributed by atoms with E-state index in [0.29, 0.717) is 13.2 Å². The molecule has 0 aliphatic heterocycles. The third-order valence-electron chi connectivity index (χ3n) is 2.78. The molecule has 1 aromatic carbocycles. The van der Waals surface area contributed by atoms with Crippen molar-refractivity contribution in [1.29, 1.82) is 0 Å². The van der Waals surface area contributed by atoms with E-state index < -0.39 is 6.61 Å². The molecule has 2 N–H and O–H groups in total. The van der Waals surface area contributed by atoms with E-state index in [-0.39, 0.29) is 23.4 Å². The highest BCUT2D eigenvalue weighted by Gasteiger charge is 2.13. The molecule has 1 aromatic rings. The summed E-state index contributed by atoms with van der Waals surface area (Å²) in [5, 5.41) is 5.56. The molecule has 1 rings (SSSR count). The molecule has 0 spiro atoms. The fourth-order valence-corrected chi connectivity index (χ4v) is 1.70. The maximum absolute atomic E-state index is 12.3. The Balaban J connectivity index is 2.75. The molecule has 7 heteroatoms. The molecule has 1 atom stereocenters. The van der Waals surface area contributed by atoms with Crippen molar-refractivity contribution < 1.29 is 23.0 Å². The predicted octanol–water partition coefficient (Wildman–Crippen LogP) is 1.91. The van der Waals surface area contributed by atoms with Crippen molar-refractivity contribution in [1.82, 2.24) is 10.6 Å². The van der Waals surface area contributed by atoms with E-state index in [4.69, 9.17) is 4.74 Å². The number of hydrogen-bond acceptors (Lipinski definition) is 4. The van der Waals surface area contributed by atoms with Gasteiger partial charge in [0.25, 0.3) is 0 Å². The SMILES string of the molecule is CCOc1cc(CNC(C)C(=O)NC)ccc1OC(F)F. The van der Waals surface area contributed by atoms with Crippen molar-refractivity contribution in [3.8, 4) is 11.5 Å². The second-order valence-electron chi connectivity index (χ2n) is 4.31. The summed E-state index contributed by atoms with van der Waals surface area (Å²) in [7, 11) is 1.56. The number of benzene rings is 1. The van der Waals surface area contributed by atoms with Gasteiger partial charge in [0.15, 0.2) is 11.5 Å². The molecule has 0 radical (unpaired) electrons. The first-order valence-corrected chi connectivity index (χ1v) is 6.63. The Morgan fingerprint density at radius 2 is 2.05 bits per heavy atom. The van der Waals surface area contributed by atoms with Gasteiger partial charge in [0.05, 0.1) is 12.6 Å². The van der Waals surface area contributed by atoms with Gasteiger partial charge in [-0.2, -0.15) is 8.78 Å². The van der Waals surface area contributed by atoms with Crippen LogP contribution < -0.4 is 20.1 Å². The molecule has 21 heavy (non-hydrogen) atoms. The molecule has 0 saturated heterocycles. The summed E-state index contributed by atoms with van der Waals surface area (Å²) in [5.41, 5.74) is 0.802. The summed E-state index contributed by atoms with van der Waals surface area (Å²) in [6.45, 7) is 1.33. The van der Waals surface area contributed by atoms with E-state index in [1.165, 1.54) is 6.07 Å². The normalized spacial score (nSPS) is 12.1. The van der Waals surface area contributed by atoms with E-state index in [9.17, 15) is 13.6 Å². The van der Waals surface area contributed by atoms with Gasteiger partial charge in [-0.25, -0.2) is 0 Å². The third-order valence-corrected chi connectivity index (χ3v) is 2.78. The molecule has 0 aromatic heterocycles. The van der Waals surface area contributed by atoms with Gasteiger partial charge in [-0.1, -0.05) is 6.07 Å². The lowest BCUT2D eigenvalue weighted by Crippen LogP contribution is -2.40. The zero-order chi connectivity index (χ0) is 15.8. The lowest BCUT2D eigenvalue weighted by atomic mass is 10.2. The molecular weight excluding hydrogens is 282 g/mol. The minimum atomic E-state index is -2.90. The van der Waals surface area contributed by atoms with Gasteiger partial charge >= 0.3 is 6.61 Å². The smallest absolute Gasteiger partial charge is 0.387 e. The molecule has 0 saturated carbocycles. The van der Waals surface area contributed by atoms with Gasteiger partial charge < -0.3 is 20.1 Å². The van der Waals surface area contributed by atoms with Gasteiger partial charge in [-0.05, 0) is 31.5 Å². The quantitative estimate of drug-likeness (QED) is 0.770. The summed E-state index contributed by atoms with van der Waals surface area (Å²) in [5.74, 6) is 0.123. The Bertz CT molecular complexity index is 470. The molecule has 0 fully saturated rings. The van der Waals surface area contributed by atoms with Crippen LogP contribution in [0.1, 0.15) is 19.4 Å². The first-order chi connectivity index (χ1) is 9.97. The Morgan fingerprint density at radius 3 is 2.62 bits per heavy atom. The van der Waals surface area contributed by atoms with Crippen molar-refractivity contribution in [2.45, 2.75) is 33.0 Å². The Morgan fingerprint density at radius 1 is 1.33 bits per heavy atom. The Kier molecular flexibility index (Phi) is 6.87. The maximum atomic E-state index is 12.3. The van der Waals surface area contributed by atoms with E-state index in [2.05, 4.69) is 15.4 Å². The Labute approximate surface area is 122 Å². The number of alkyl halides is 2. The summed E-state index contributed by atoms with van der Waals surface area (Å²) < 4.78 is 34.3. The van der Waals surface area contributed by atoms with E-state index in [0.717, 1.165) is 5.56 Å². The predicted molar refractivity (Wildman–Crippen MR) is 74.6 cm³/mol. The highest BCUT2D eigenvalue weighted by atomic mass is 19.3. The monoisotopic (exact) mass is 302 g/mol. The number of likely N-dealkylation sites (N-methyl/N-ethyl adjacent to an activating group) is 1. The molecule has 0 aliphatic rings. The van der Waals surface area contributed by atoms with Crippen LogP contribution in [0.5, 0.6) is 11.5 Å². The molecule has 0 bridgehead atoms. The summed E-state index contributed by atoms with van der Waals surface area (Å²) in [6, 6.07) is 4.33. The molecule has 5 nitrogen and oxygen atoms in total. The number of amides is 1. The molecule has 1 amide bonds. The number of hydrogen-bond donors (Lipinski definition) is 2. The average Bonchev–Trinajstić information content (AvgIpc) is 2.46. The fraction of sp³-hybridized carbons (Fsp3) is 0.500. The molecule has 0 aliphatic carbocycles. The molecule has 0 heterocycles. The molecule has 1 unspecified atom stereocenters.